The maximum Gasteiger partial charge on any atom is 0.416 e. The van der Waals surface area contributed by atoms with Crippen LogP contribution in [0.3, 0.4) is 0 Å². The van der Waals surface area contributed by atoms with Crippen LogP contribution in [0.2, 0.25) is 5.02 Å². The van der Waals surface area contributed by atoms with E-state index in [4.69, 9.17) is 16.3 Å². The van der Waals surface area contributed by atoms with E-state index < -0.39 is 41.3 Å². The number of piperidine rings is 1. The monoisotopic (exact) mass is 756 g/mol. The summed E-state index contributed by atoms with van der Waals surface area (Å²) >= 11 is 7.66. The molecule has 2 aliphatic rings. The first kappa shape index (κ1) is 36.8. The summed E-state index contributed by atoms with van der Waals surface area (Å²) in [6.45, 7) is -0.100. The fourth-order valence-corrected chi connectivity index (χ4v) is 6.95. The molecule has 7 rings (SSSR count). The smallest absolute Gasteiger partial charge is 0.416 e. The van der Waals surface area contributed by atoms with Crippen molar-refractivity contribution < 1.29 is 32.6 Å². The van der Waals surface area contributed by atoms with E-state index >= 15 is 0 Å². The number of carbonyl (C=O) groups excluding carboxylic acids is 2. The standard InChI is InChI=1S/C33H27ClF3N7O5S.CH5N/c1-50-20-7-4-18(5-8-20)28-40-31-43(16-25(46)39-22-9-6-19(15-21(22)34)33(35,36)37)23-17-49-32(26(23)29(47)44(31)41-28)10-13-42(14-11-32)30(48)27-24(45)3-2-12-38-27;1-2/h2-9,12,15,45H,10-11,13-14,16-17H2,1H3,(H,39,46);2H2,1H3. The maximum absolute atomic E-state index is 14.2. The number of rotatable bonds is 6. The summed E-state index contributed by atoms with van der Waals surface area (Å²) in [4.78, 5) is 52.1. The minimum Gasteiger partial charge on any atom is -0.505 e. The molecular formula is C34H32ClF3N8O5S. The zero-order chi connectivity index (χ0) is 37.4. The molecule has 0 radical (unpaired) electrons. The van der Waals surface area contributed by atoms with Gasteiger partial charge in [-0.25, -0.2) is 4.98 Å². The van der Waals surface area contributed by atoms with E-state index in [9.17, 15) is 32.7 Å². The van der Waals surface area contributed by atoms with Crippen molar-refractivity contribution >= 4 is 46.6 Å². The van der Waals surface area contributed by atoms with Crippen LogP contribution in [0.5, 0.6) is 5.75 Å². The van der Waals surface area contributed by atoms with Crippen LogP contribution in [0.4, 0.5) is 18.9 Å². The van der Waals surface area contributed by atoms with Gasteiger partial charge in [-0.15, -0.1) is 16.9 Å². The van der Waals surface area contributed by atoms with E-state index in [1.165, 1.54) is 34.8 Å². The molecule has 3 aromatic heterocycles. The molecular weight excluding hydrogens is 725 g/mol. The van der Waals surface area contributed by atoms with Gasteiger partial charge in [0, 0.05) is 29.7 Å². The van der Waals surface area contributed by atoms with Crippen molar-refractivity contribution in [2.45, 2.75) is 42.7 Å². The number of alkyl halides is 3. The van der Waals surface area contributed by atoms with Crippen molar-refractivity contribution in [1.82, 2.24) is 29.0 Å². The van der Waals surface area contributed by atoms with Crippen molar-refractivity contribution in [1.29, 1.82) is 0 Å². The molecule has 2 amide bonds. The Morgan fingerprint density at radius 2 is 1.83 bits per heavy atom. The highest BCUT2D eigenvalue weighted by Crippen LogP contribution is 2.43. The predicted molar refractivity (Wildman–Crippen MR) is 187 cm³/mol. The molecule has 0 bridgehead atoms. The average molecular weight is 757 g/mol. The minimum atomic E-state index is -4.62. The lowest BCUT2D eigenvalue weighted by Gasteiger charge is -2.38. The van der Waals surface area contributed by atoms with Crippen molar-refractivity contribution in [3.63, 3.8) is 0 Å². The molecule has 5 heterocycles. The molecule has 0 atom stereocenters. The predicted octanol–water partition coefficient (Wildman–Crippen LogP) is 4.93. The van der Waals surface area contributed by atoms with Crippen LogP contribution in [0.15, 0.2) is 70.5 Å². The van der Waals surface area contributed by atoms with Crippen molar-refractivity contribution in [3.05, 3.63) is 98.7 Å². The van der Waals surface area contributed by atoms with Crippen molar-refractivity contribution in [2.75, 3.05) is 31.7 Å². The molecule has 13 nitrogen and oxygen atoms in total. The van der Waals surface area contributed by atoms with E-state index in [0.717, 1.165) is 27.6 Å². The number of carbonyl (C=O) groups is 2. The van der Waals surface area contributed by atoms with Gasteiger partial charge in [-0.3, -0.25) is 14.4 Å². The van der Waals surface area contributed by atoms with Gasteiger partial charge in [0.25, 0.3) is 11.5 Å². The Kier molecular flexibility index (Phi) is 10.3. The number of aromatic nitrogens is 5. The highest BCUT2D eigenvalue weighted by Gasteiger charge is 2.48. The number of aromatic hydroxyl groups is 1. The van der Waals surface area contributed by atoms with Gasteiger partial charge in [0.2, 0.25) is 11.7 Å². The van der Waals surface area contributed by atoms with Gasteiger partial charge in [0.1, 0.15) is 17.9 Å². The Morgan fingerprint density at radius 1 is 1.12 bits per heavy atom. The number of hydrogen-bond donors (Lipinski definition) is 3. The van der Waals surface area contributed by atoms with Crippen LogP contribution in [0, 0.1) is 0 Å². The number of thioether (sulfide) groups is 1. The molecule has 4 N–H and O–H groups in total. The second kappa shape index (κ2) is 14.6. The second-order valence-corrected chi connectivity index (χ2v) is 13.1. The highest BCUT2D eigenvalue weighted by molar-refractivity contribution is 7.98. The molecule has 272 valence electrons. The van der Waals surface area contributed by atoms with E-state index in [2.05, 4.69) is 26.1 Å². The summed E-state index contributed by atoms with van der Waals surface area (Å²) in [7, 11) is 1.50. The highest BCUT2D eigenvalue weighted by atomic mass is 35.5. The zero-order valence-electron chi connectivity index (χ0n) is 27.8. The van der Waals surface area contributed by atoms with Crippen LogP contribution in [0.1, 0.15) is 40.2 Å². The van der Waals surface area contributed by atoms with Gasteiger partial charge < -0.3 is 30.4 Å². The number of nitrogens with two attached hydrogens (primary N) is 1. The summed E-state index contributed by atoms with van der Waals surface area (Å²) in [5.41, 5.74) is 3.10. The van der Waals surface area contributed by atoms with E-state index in [1.807, 2.05) is 30.5 Å². The third-order valence-corrected chi connectivity index (χ3v) is 9.92. The molecule has 0 saturated carbocycles. The van der Waals surface area contributed by atoms with Gasteiger partial charge in [-0.05, 0) is 68.6 Å². The second-order valence-electron chi connectivity index (χ2n) is 11.8. The summed E-state index contributed by atoms with van der Waals surface area (Å²) in [6, 6.07) is 12.9. The molecule has 1 fully saturated rings. The summed E-state index contributed by atoms with van der Waals surface area (Å²) < 4.78 is 48.5. The number of benzene rings is 2. The fraction of sp³-hybridized carbons (Fsp3) is 0.294. The molecule has 18 heteroatoms. The summed E-state index contributed by atoms with van der Waals surface area (Å²) in [5.74, 6) is -1.05. The van der Waals surface area contributed by atoms with Gasteiger partial charge in [0.15, 0.2) is 11.5 Å². The summed E-state index contributed by atoms with van der Waals surface area (Å²) in [6.07, 6.45) is -0.811. The lowest BCUT2D eigenvalue weighted by molar-refractivity contribution is -0.137. The number of ether oxygens (including phenoxy) is 1. The maximum atomic E-state index is 14.2. The number of anilines is 1. The Labute approximate surface area is 303 Å². The quantitative estimate of drug-likeness (QED) is 0.202. The number of hydrogen-bond acceptors (Lipinski definition) is 10. The lowest BCUT2D eigenvalue weighted by Crippen LogP contribution is -2.47. The number of nitrogens with zero attached hydrogens (tertiary/aromatic N) is 6. The van der Waals surface area contributed by atoms with Gasteiger partial charge in [-0.1, -0.05) is 23.7 Å². The number of amides is 2. The van der Waals surface area contributed by atoms with Crippen molar-refractivity contribution in [2.24, 2.45) is 5.73 Å². The van der Waals surface area contributed by atoms with Crippen LogP contribution in [0.25, 0.3) is 17.2 Å². The van der Waals surface area contributed by atoms with E-state index in [1.54, 1.807) is 11.8 Å². The van der Waals surface area contributed by atoms with Crippen LogP contribution < -0.4 is 16.6 Å². The molecule has 2 aromatic carbocycles. The first-order valence-electron chi connectivity index (χ1n) is 15.9. The van der Waals surface area contributed by atoms with Crippen LogP contribution in [-0.2, 0) is 34.5 Å². The van der Waals surface area contributed by atoms with Crippen molar-refractivity contribution in [3.8, 4) is 17.1 Å². The molecule has 0 aliphatic carbocycles. The summed E-state index contributed by atoms with van der Waals surface area (Å²) in [5, 5.41) is 17.0. The Bertz CT molecular complexity index is 2220. The molecule has 1 spiro atoms. The van der Waals surface area contributed by atoms with E-state index in [0.29, 0.717) is 11.3 Å². The Hall–Kier alpha value is -4.97. The topological polar surface area (TPSA) is 170 Å². The number of likely N-dealkylation sites (tertiary alicyclic amines) is 1. The third-order valence-electron chi connectivity index (χ3n) is 8.86. The first-order valence-corrected chi connectivity index (χ1v) is 17.5. The fourth-order valence-electron chi connectivity index (χ4n) is 6.32. The number of fused-ring (bicyclic) bond motifs is 3. The number of nitrogens with one attached hydrogen (secondary N) is 1. The minimum absolute atomic E-state index is 0.0295. The number of pyridine rings is 1. The third kappa shape index (κ3) is 6.83. The lowest BCUT2D eigenvalue weighted by atomic mass is 9.85. The molecule has 0 unspecified atom stereocenters. The van der Waals surface area contributed by atoms with Crippen LogP contribution >= 0.6 is 23.4 Å². The van der Waals surface area contributed by atoms with Gasteiger partial charge in [0.05, 0.1) is 34.1 Å². The van der Waals surface area contributed by atoms with Gasteiger partial charge >= 0.3 is 6.18 Å². The number of halogens is 4. The van der Waals surface area contributed by atoms with Crippen LogP contribution in [-0.4, -0.2) is 72.4 Å². The molecule has 5 aromatic rings. The largest absolute Gasteiger partial charge is 0.505 e. The zero-order valence-corrected chi connectivity index (χ0v) is 29.3. The van der Waals surface area contributed by atoms with E-state index in [-0.39, 0.29) is 71.9 Å². The average Bonchev–Trinajstić information content (AvgIpc) is 3.75. The molecule has 1 saturated heterocycles. The SMILES string of the molecule is CN.CSc1ccc(-c2nc3n(CC(=O)Nc4ccc(C(F)(F)F)cc4Cl)c4c(c(=O)n3n2)C2(CCN(C(=O)c3ncccc3O)CC2)OC4)cc1. The van der Waals surface area contributed by atoms with Gasteiger partial charge in [-0.2, -0.15) is 22.7 Å². The Morgan fingerprint density at radius 3 is 2.46 bits per heavy atom. The molecule has 52 heavy (non-hydrogen) atoms. The Balaban J connectivity index is 0.00000228. The molecule has 2 aliphatic heterocycles. The first-order chi connectivity index (χ1) is 24.9. The normalized spacial score (nSPS) is 14.9.